The van der Waals surface area contributed by atoms with E-state index in [-0.39, 0.29) is 11.1 Å². The summed E-state index contributed by atoms with van der Waals surface area (Å²) >= 11 is 3.09. The molecule has 0 saturated carbocycles. The molecule has 15 heavy (non-hydrogen) atoms. The van der Waals surface area contributed by atoms with Crippen LogP contribution in [0.15, 0.2) is 21.3 Å². The summed E-state index contributed by atoms with van der Waals surface area (Å²) < 4.78 is 4.92. The van der Waals surface area contributed by atoms with Crippen molar-refractivity contribution < 1.29 is 9.21 Å². The second kappa shape index (κ2) is 3.66. The highest BCUT2D eigenvalue weighted by Gasteiger charge is 2.13. The Hall–Kier alpha value is -1.36. The van der Waals surface area contributed by atoms with E-state index in [4.69, 9.17) is 4.42 Å². The smallest absolute Gasteiger partial charge is 0.407 e. The quantitative estimate of drug-likeness (QED) is 0.670. The molecule has 4 nitrogen and oxygen atoms in total. The Morgan fingerprint density at radius 1 is 1.53 bits per heavy atom. The number of fused-ring (bicyclic) bond motifs is 1. The van der Waals surface area contributed by atoms with Crippen molar-refractivity contribution in [1.29, 1.82) is 0 Å². The lowest BCUT2D eigenvalue weighted by Gasteiger charge is -1.99. The lowest BCUT2D eigenvalue weighted by Crippen LogP contribution is -2.00. The third-order valence-electron chi connectivity index (χ3n) is 2.09. The number of oxazole rings is 1. The van der Waals surface area contributed by atoms with Crippen LogP contribution < -0.4 is 5.76 Å². The number of carbonyl (C=O) groups excluding carboxylic acids is 1. The van der Waals surface area contributed by atoms with Gasteiger partial charge in [-0.15, -0.1) is 0 Å². The molecule has 0 amide bonds. The Balaban J connectivity index is 2.81. The van der Waals surface area contributed by atoms with Crippen LogP contribution in [0.2, 0.25) is 0 Å². The molecule has 1 N–H and O–H groups in total. The summed E-state index contributed by atoms with van der Waals surface area (Å²) in [6.07, 6.45) is 0. The van der Waals surface area contributed by atoms with Crippen LogP contribution in [0.1, 0.15) is 15.9 Å². The Labute approximate surface area is 93.4 Å². The topological polar surface area (TPSA) is 63.1 Å². The number of Topliss-reactive ketones (excluding diaryl/α,β-unsaturated/α-hetero) is 1. The predicted molar refractivity (Wildman–Crippen MR) is 59.7 cm³/mol. The molecule has 0 aliphatic carbocycles. The van der Waals surface area contributed by atoms with Gasteiger partial charge in [-0.05, 0) is 24.6 Å². The van der Waals surface area contributed by atoms with Gasteiger partial charge in [0.25, 0.3) is 0 Å². The largest absolute Gasteiger partial charge is 0.417 e. The minimum absolute atomic E-state index is 0.105. The van der Waals surface area contributed by atoms with E-state index in [0.717, 1.165) is 5.56 Å². The molecule has 0 radical (unpaired) electrons. The van der Waals surface area contributed by atoms with E-state index in [1.54, 1.807) is 12.1 Å². The van der Waals surface area contributed by atoms with Gasteiger partial charge in [0.15, 0.2) is 11.4 Å². The summed E-state index contributed by atoms with van der Waals surface area (Å²) in [6, 6.07) is 3.48. The van der Waals surface area contributed by atoms with Crippen molar-refractivity contribution in [3.05, 3.63) is 33.8 Å². The molecule has 0 aliphatic rings. The Morgan fingerprint density at radius 3 is 2.93 bits per heavy atom. The van der Waals surface area contributed by atoms with Crippen LogP contribution in [-0.4, -0.2) is 16.1 Å². The van der Waals surface area contributed by atoms with Crippen LogP contribution in [0, 0.1) is 6.92 Å². The second-order valence-corrected chi connectivity index (χ2v) is 3.82. The minimum atomic E-state index is -0.542. The normalized spacial score (nSPS) is 10.8. The summed E-state index contributed by atoms with van der Waals surface area (Å²) in [6.45, 7) is 1.86. The van der Waals surface area contributed by atoms with Gasteiger partial charge in [-0.3, -0.25) is 9.78 Å². The van der Waals surface area contributed by atoms with E-state index < -0.39 is 5.76 Å². The maximum atomic E-state index is 11.6. The fraction of sp³-hybridized carbons (Fsp3) is 0.200. The molecule has 1 aromatic carbocycles. The maximum Gasteiger partial charge on any atom is 0.417 e. The van der Waals surface area contributed by atoms with Gasteiger partial charge in [0.2, 0.25) is 0 Å². The van der Waals surface area contributed by atoms with Crippen molar-refractivity contribution >= 4 is 32.8 Å². The SMILES string of the molecule is Cc1cc(C(=O)CBr)c2oc(=O)[nH]c2c1. The summed E-state index contributed by atoms with van der Waals surface area (Å²) in [4.78, 5) is 25.1. The average Bonchev–Trinajstić information content (AvgIpc) is 2.55. The molecular formula is C10H8BrNO3. The molecule has 2 rings (SSSR count). The molecular weight excluding hydrogens is 262 g/mol. The second-order valence-electron chi connectivity index (χ2n) is 3.26. The highest BCUT2D eigenvalue weighted by molar-refractivity contribution is 9.09. The minimum Gasteiger partial charge on any atom is -0.407 e. The molecule has 0 unspecified atom stereocenters. The molecule has 0 bridgehead atoms. The molecule has 2 aromatic rings. The highest BCUT2D eigenvalue weighted by atomic mass is 79.9. The first kappa shape index (κ1) is 10.2. The van der Waals surface area contributed by atoms with Crippen molar-refractivity contribution in [1.82, 2.24) is 4.98 Å². The van der Waals surface area contributed by atoms with Crippen molar-refractivity contribution in [2.75, 3.05) is 5.33 Å². The van der Waals surface area contributed by atoms with Crippen molar-refractivity contribution in [2.24, 2.45) is 0 Å². The number of ketones is 1. The van der Waals surface area contributed by atoms with Gasteiger partial charge in [-0.2, -0.15) is 0 Å². The lowest BCUT2D eigenvalue weighted by molar-refractivity contribution is 0.102. The fourth-order valence-electron chi connectivity index (χ4n) is 1.48. The van der Waals surface area contributed by atoms with Crippen LogP contribution in [0.4, 0.5) is 0 Å². The molecule has 1 heterocycles. The number of aromatic amines is 1. The molecule has 5 heteroatoms. The summed E-state index contributed by atoms with van der Waals surface area (Å²) in [5.74, 6) is -0.648. The standard InChI is InChI=1S/C10H8BrNO3/c1-5-2-6(8(13)4-11)9-7(3-5)12-10(14)15-9/h2-3H,4H2,1H3,(H,12,14). The first-order valence-corrected chi connectivity index (χ1v) is 5.46. The Kier molecular flexibility index (Phi) is 2.48. The fourth-order valence-corrected chi connectivity index (χ4v) is 1.79. The highest BCUT2D eigenvalue weighted by Crippen LogP contribution is 2.19. The number of benzene rings is 1. The zero-order valence-electron chi connectivity index (χ0n) is 7.96. The average molecular weight is 270 g/mol. The van der Waals surface area contributed by atoms with E-state index in [2.05, 4.69) is 20.9 Å². The molecule has 0 aliphatic heterocycles. The van der Waals surface area contributed by atoms with Crippen LogP contribution >= 0.6 is 15.9 Å². The molecule has 0 fully saturated rings. The molecule has 0 spiro atoms. The first-order valence-electron chi connectivity index (χ1n) is 4.34. The number of rotatable bonds is 2. The molecule has 1 aromatic heterocycles. The molecule has 0 atom stereocenters. The van der Waals surface area contributed by atoms with Gasteiger partial charge in [0.05, 0.1) is 16.4 Å². The zero-order chi connectivity index (χ0) is 11.0. The number of H-pyrrole nitrogens is 1. The van der Waals surface area contributed by atoms with Crippen LogP contribution in [0.25, 0.3) is 11.1 Å². The van der Waals surface area contributed by atoms with Crippen LogP contribution in [0.3, 0.4) is 0 Å². The number of halogens is 1. The van der Waals surface area contributed by atoms with Crippen molar-refractivity contribution in [2.45, 2.75) is 6.92 Å². The Bertz CT molecular complexity index is 582. The number of nitrogens with one attached hydrogen (secondary N) is 1. The summed E-state index contributed by atoms with van der Waals surface area (Å²) in [5, 5.41) is 0.209. The molecule has 78 valence electrons. The van der Waals surface area contributed by atoms with Gasteiger partial charge in [-0.25, -0.2) is 4.79 Å². The number of aromatic nitrogens is 1. The number of aryl methyl sites for hydroxylation is 1. The van der Waals surface area contributed by atoms with Crippen LogP contribution in [-0.2, 0) is 0 Å². The van der Waals surface area contributed by atoms with Crippen molar-refractivity contribution in [3.8, 4) is 0 Å². The monoisotopic (exact) mass is 269 g/mol. The van der Waals surface area contributed by atoms with Crippen molar-refractivity contribution in [3.63, 3.8) is 0 Å². The van der Waals surface area contributed by atoms with E-state index >= 15 is 0 Å². The molecule has 0 saturated heterocycles. The number of hydrogen-bond donors (Lipinski definition) is 1. The van der Waals surface area contributed by atoms with E-state index in [1.807, 2.05) is 6.92 Å². The summed E-state index contributed by atoms with van der Waals surface area (Å²) in [7, 11) is 0. The lowest BCUT2D eigenvalue weighted by atomic mass is 10.1. The van der Waals surface area contributed by atoms with E-state index in [1.165, 1.54) is 0 Å². The number of alkyl halides is 1. The van der Waals surface area contributed by atoms with E-state index in [0.29, 0.717) is 16.7 Å². The van der Waals surface area contributed by atoms with E-state index in [9.17, 15) is 9.59 Å². The van der Waals surface area contributed by atoms with Gasteiger partial charge in [-0.1, -0.05) is 15.9 Å². The Morgan fingerprint density at radius 2 is 2.27 bits per heavy atom. The third kappa shape index (κ3) is 1.74. The zero-order valence-corrected chi connectivity index (χ0v) is 9.55. The number of hydrogen-bond acceptors (Lipinski definition) is 3. The number of carbonyl (C=O) groups is 1. The van der Waals surface area contributed by atoms with Gasteiger partial charge >= 0.3 is 5.76 Å². The maximum absolute atomic E-state index is 11.6. The third-order valence-corrected chi connectivity index (χ3v) is 2.60. The van der Waals surface area contributed by atoms with Gasteiger partial charge in [0.1, 0.15) is 0 Å². The van der Waals surface area contributed by atoms with Crippen LogP contribution in [0.5, 0.6) is 0 Å². The summed E-state index contributed by atoms with van der Waals surface area (Å²) in [5.41, 5.74) is 2.23. The van der Waals surface area contributed by atoms with Gasteiger partial charge in [0, 0.05) is 0 Å². The first-order chi connectivity index (χ1) is 7.11. The van der Waals surface area contributed by atoms with Gasteiger partial charge < -0.3 is 4.42 Å². The predicted octanol–water partition coefficient (Wildman–Crippen LogP) is 2.01.